The van der Waals surface area contributed by atoms with Crippen molar-refractivity contribution in [3.05, 3.63) is 54.1 Å². The highest BCUT2D eigenvalue weighted by atomic mass is 16.2. The number of pyridine rings is 1. The number of aromatic nitrogens is 3. The zero-order valence-electron chi connectivity index (χ0n) is 16.3. The van der Waals surface area contributed by atoms with Crippen LogP contribution in [-0.2, 0) is 0 Å². The third kappa shape index (κ3) is 2.86. The van der Waals surface area contributed by atoms with Crippen LogP contribution < -0.4 is 0 Å². The maximum Gasteiger partial charge on any atom is 0.254 e. The Labute approximate surface area is 164 Å². The zero-order chi connectivity index (χ0) is 19.3. The molecule has 5 heteroatoms. The summed E-state index contributed by atoms with van der Waals surface area (Å²) in [5, 5.41) is 0.916. The molecule has 28 heavy (non-hydrogen) atoms. The fourth-order valence-corrected chi connectivity index (χ4v) is 4.60. The third-order valence-electron chi connectivity index (χ3n) is 6.10. The Kier molecular flexibility index (Phi) is 4.11. The Morgan fingerprint density at radius 3 is 2.61 bits per heavy atom. The summed E-state index contributed by atoms with van der Waals surface area (Å²) in [5.74, 6) is 1.90. The summed E-state index contributed by atoms with van der Waals surface area (Å²) in [5.41, 5.74) is 3.16. The van der Waals surface area contributed by atoms with Crippen LogP contribution in [0.4, 0.5) is 0 Å². The van der Waals surface area contributed by atoms with Gasteiger partial charge in [0, 0.05) is 41.8 Å². The van der Waals surface area contributed by atoms with Crippen LogP contribution in [0.25, 0.3) is 22.2 Å². The molecule has 2 atom stereocenters. The van der Waals surface area contributed by atoms with Crippen molar-refractivity contribution in [3.63, 3.8) is 0 Å². The smallest absolute Gasteiger partial charge is 0.254 e. The monoisotopic (exact) mass is 372 g/mol. The van der Waals surface area contributed by atoms with Crippen molar-refractivity contribution in [2.45, 2.75) is 45.1 Å². The summed E-state index contributed by atoms with van der Waals surface area (Å²) in [4.78, 5) is 29.3. The van der Waals surface area contributed by atoms with Crippen molar-refractivity contribution in [1.82, 2.24) is 19.9 Å². The number of nitrogens with zero attached hydrogens (tertiary/aromatic N) is 4. The molecule has 2 bridgehead atoms. The van der Waals surface area contributed by atoms with Crippen molar-refractivity contribution in [2.75, 3.05) is 6.54 Å². The van der Waals surface area contributed by atoms with Crippen LogP contribution in [0.1, 0.15) is 55.2 Å². The molecule has 2 aliphatic rings. The van der Waals surface area contributed by atoms with E-state index in [2.05, 4.69) is 28.7 Å². The first-order valence-electron chi connectivity index (χ1n) is 10.1. The minimum atomic E-state index is 0.131. The van der Waals surface area contributed by atoms with Crippen LogP contribution in [0, 0.1) is 5.92 Å². The topological polar surface area (TPSA) is 59.0 Å². The molecule has 1 aliphatic heterocycles. The fourth-order valence-electron chi connectivity index (χ4n) is 4.60. The molecule has 0 unspecified atom stereocenters. The predicted molar refractivity (Wildman–Crippen MR) is 109 cm³/mol. The van der Waals surface area contributed by atoms with Gasteiger partial charge in [-0.3, -0.25) is 4.79 Å². The van der Waals surface area contributed by atoms with E-state index in [4.69, 9.17) is 4.98 Å². The maximum absolute atomic E-state index is 13.4. The number of rotatable bonds is 3. The first-order valence-corrected chi connectivity index (χ1v) is 10.1. The molecule has 3 aromatic rings. The van der Waals surface area contributed by atoms with Crippen LogP contribution in [0.15, 0.2) is 42.7 Å². The summed E-state index contributed by atoms with van der Waals surface area (Å²) in [6.07, 6.45) is 7.18. The van der Waals surface area contributed by atoms with Crippen molar-refractivity contribution in [2.24, 2.45) is 5.92 Å². The second kappa shape index (κ2) is 6.66. The van der Waals surface area contributed by atoms with E-state index >= 15 is 0 Å². The number of carbonyl (C=O) groups excluding carboxylic acids is 1. The van der Waals surface area contributed by atoms with E-state index in [0.29, 0.717) is 12.0 Å². The zero-order valence-corrected chi connectivity index (χ0v) is 16.3. The lowest BCUT2D eigenvalue weighted by Crippen LogP contribution is -2.37. The average molecular weight is 372 g/mol. The third-order valence-corrected chi connectivity index (χ3v) is 6.10. The van der Waals surface area contributed by atoms with Gasteiger partial charge in [-0.25, -0.2) is 15.0 Å². The first-order chi connectivity index (χ1) is 13.6. The van der Waals surface area contributed by atoms with E-state index in [1.807, 2.05) is 42.7 Å². The van der Waals surface area contributed by atoms with E-state index in [9.17, 15) is 4.79 Å². The molecule has 5 nitrogen and oxygen atoms in total. The minimum Gasteiger partial charge on any atom is -0.335 e. The Morgan fingerprint density at radius 2 is 1.93 bits per heavy atom. The van der Waals surface area contributed by atoms with E-state index < -0.39 is 0 Å². The number of benzene rings is 1. The highest BCUT2D eigenvalue weighted by Gasteiger charge is 2.40. The number of fused-ring (bicyclic) bond motifs is 3. The van der Waals surface area contributed by atoms with Crippen molar-refractivity contribution < 1.29 is 4.79 Å². The number of piperidine rings is 1. The van der Waals surface area contributed by atoms with Crippen LogP contribution >= 0.6 is 0 Å². The van der Waals surface area contributed by atoms with Crippen molar-refractivity contribution in [1.29, 1.82) is 0 Å². The standard InChI is InChI=1S/C23H24N4O/c1-14(2)22-24-11-16(12-25-22)21-10-19(18-5-3-4-6-20(18)26-21)23(28)27-13-15-7-8-17(27)9-15/h3-6,10-12,14-15,17H,7-9,13H2,1-2H3/t15-,17-/m0/s1. The van der Waals surface area contributed by atoms with Gasteiger partial charge < -0.3 is 4.90 Å². The van der Waals surface area contributed by atoms with Crippen molar-refractivity contribution in [3.8, 4) is 11.3 Å². The quantitative estimate of drug-likeness (QED) is 0.682. The van der Waals surface area contributed by atoms with E-state index in [0.717, 1.165) is 52.9 Å². The summed E-state index contributed by atoms with van der Waals surface area (Å²) in [6, 6.07) is 10.2. The molecule has 1 aliphatic carbocycles. The number of carbonyl (C=O) groups is 1. The summed E-state index contributed by atoms with van der Waals surface area (Å²) >= 11 is 0. The molecule has 2 aromatic heterocycles. The lowest BCUT2D eigenvalue weighted by Gasteiger charge is -2.27. The van der Waals surface area contributed by atoms with E-state index in [1.165, 1.54) is 6.42 Å². The molecule has 5 rings (SSSR count). The van der Waals surface area contributed by atoms with Crippen LogP contribution in [0.5, 0.6) is 0 Å². The number of likely N-dealkylation sites (tertiary alicyclic amines) is 1. The number of amides is 1. The molecular weight excluding hydrogens is 348 g/mol. The maximum atomic E-state index is 13.4. The van der Waals surface area contributed by atoms with Gasteiger partial charge in [0.05, 0.1) is 16.8 Å². The van der Waals surface area contributed by atoms with Gasteiger partial charge in [0.25, 0.3) is 5.91 Å². The van der Waals surface area contributed by atoms with Gasteiger partial charge in [0.1, 0.15) is 5.82 Å². The molecule has 1 saturated heterocycles. The molecule has 3 heterocycles. The van der Waals surface area contributed by atoms with Crippen molar-refractivity contribution >= 4 is 16.8 Å². The van der Waals surface area contributed by atoms with Gasteiger partial charge >= 0.3 is 0 Å². The van der Waals surface area contributed by atoms with Crippen LogP contribution in [-0.4, -0.2) is 38.3 Å². The second-order valence-electron chi connectivity index (χ2n) is 8.35. The van der Waals surface area contributed by atoms with Crippen LogP contribution in [0.2, 0.25) is 0 Å². The van der Waals surface area contributed by atoms with E-state index in [1.54, 1.807) is 0 Å². The first kappa shape index (κ1) is 17.3. The Hall–Kier alpha value is -2.82. The van der Waals surface area contributed by atoms with Gasteiger partial charge in [0.15, 0.2) is 0 Å². The molecule has 0 N–H and O–H groups in total. The molecule has 1 amide bonds. The minimum absolute atomic E-state index is 0.131. The summed E-state index contributed by atoms with van der Waals surface area (Å²) in [7, 11) is 0. The lowest BCUT2D eigenvalue weighted by atomic mass is 10.0. The molecule has 1 aromatic carbocycles. The molecule has 0 radical (unpaired) electrons. The van der Waals surface area contributed by atoms with Gasteiger partial charge in [-0.05, 0) is 37.3 Å². The Balaban J connectivity index is 1.59. The summed E-state index contributed by atoms with van der Waals surface area (Å²) < 4.78 is 0. The lowest BCUT2D eigenvalue weighted by molar-refractivity contribution is 0.0705. The average Bonchev–Trinajstić information content (AvgIpc) is 3.36. The molecular formula is C23H24N4O. The highest BCUT2D eigenvalue weighted by molar-refractivity contribution is 6.07. The fraction of sp³-hybridized carbons (Fsp3) is 0.391. The second-order valence-corrected chi connectivity index (χ2v) is 8.35. The van der Waals surface area contributed by atoms with Gasteiger partial charge in [-0.2, -0.15) is 0 Å². The predicted octanol–water partition coefficient (Wildman–Crippen LogP) is 4.44. The summed E-state index contributed by atoms with van der Waals surface area (Å²) in [6.45, 7) is 5.04. The highest BCUT2D eigenvalue weighted by Crippen LogP contribution is 2.39. The molecule has 2 fully saturated rings. The number of hydrogen-bond acceptors (Lipinski definition) is 4. The molecule has 142 valence electrons. The number of hydrogen-bond donors (Lipinski definition) is 0. The van der Waals surface area contributed by atoms with Gasteiger partial charge in [-0.15, -0.1) is 0 Å². The number of para-hydroxylation sites is 1. The van der Waals surface area contributed by atoms with E-state index in [-0.39, 0.29) is 11.8 Å². The molecule has 0 spiro atoms. The van der Waals surface area contributed by atoms with Crippen LogP contribution in [0.3, 0.4) is 0 Å². The van der Waals surface area contributed by atoms with Gasteiger partial charge in [0.2, 0.25) is 0 Å². The Morgan fingerprint density at radius 1 is 1.14 bits per heavy atom. The largest absolute Gasteiger partial charge is 0.335 e. The molecule has 1 saturated carbocycles. The van der Waals surface area contributed by atoms with Gasteiger partial charge in [-0.1, -0.05) is 32.0 Å². The Bertz CT molecular complexity index is 1040. The normalized spacial score (nSPS) is 21.0. The SMILES string of the molecule is CC(C)c1ncc(-c2cc(C(=O)N3C[C@H]4CC[C@H]3C4)c3ccccc3n2)cn1.